The van der Waals surface area contributed by atoms with Gasteiger partial charge in [-0.3, -0.25) is 9.59 Å². The largest absolute Gasteiger partial charge is 0.480 e. The van der Waals surface area contributed by atoms with Crippen molar-refractivity contribution < 1.29 is 14.7 Å². The van der Waals surface area contributed by atoms with Crippen molar-refractivity contribution in [1.82, 2.24) is 4.90 Å². The number of carboxylic acids is 1. The smallest absolute Gasteiger partial charge is 0.323 e. The van der Waals surface area contributed by atoms with Crippen molar-refractivity contribution >= 4 is 11.9 Å². The van der Waals surface area contributed by atoms with Gasteiger partial charge >= 0.3 is 5.97 Å². The highest BCUT2D eigenvalue weighted by atomic mass is 16.4. The molecular weight excluding hydrogens is 242 g/mol. The maximum absolute atomic E-state index is 12.3. The van der Waals surface area contributed by atoms with E-state index in [1.807, 2.05) is 32.9 Å². The normalized spacial score (nSPS) is 11.9. The minimum absolute atomic E-state index is 0.0885. The number of hydrogen-bond donors (Lipinski definition) is 1. The summed E-state index contributed by atoms with van der Waals surface area (Å²) < 4.78 is 0. The second-order valence-electron chi connectivity index (χ2n) is 4.63. The molecule has 0 radical (unpaired) electrons. The van der Waals surface area contributed by atoms with Crippen LogP contribution in [0.4, 0.5) is 0 Å². The van der Waals surface area contributed by atoms with Crippen LogP contribution in [0.3, 0.4) is 0 Å². The molecule has 19 heavy (non-hydrogen) atoms. The summed E-state index contributed by atoms with van der Waals surface area (Å²) in [5.74, 6) is -1.21. The molecule has 0 spiro atoms. The summed E-state index contributed by atoms with van der Waals surface area (Å²) in [5.41, 5.74) is 1.70. The van der Waals surface area contributed by atoms with Crippen LogP contribution in [0.25, 0.3) is 0 Å². The lowest BCUT2D eigenvalue weighted by Gasteiger charge is -2.27. The zero-order chi connectivity index (χ0) is 14.4. The summed E-state index contributed by atoms with van der Waals surface area (Å²) in [6.45, 7) is 5.59. The van der Waals surface area contributed by atoms with Crippen molar-refractivity contribution in [2.75, 3.05) is 6.54 Å². The molecule has 1 rings (SSSR count). The van der Waals surface area contributed by atoms with Gasteiger partial charge in [0.25, 0.3) is 5.91 Å². The fourth-order valence-corrected chi connectivity index (χ4v) is 1.84. The van der Waals surface area contributed by atoms with Crippen molar-refractivity contribution in [2.45, 2.75) is 39.7 Å². The van der Waals surface area contributed by atoms with Gasteiger partial charge in [0.2, 0.25) is 0 Å². The van der Waals surface area contributed by atoms with E-state index in [4.69, 9.17) is 5.11 Å². The quantitative estimate of drug-likeness (QED) is 0.858. The summed E-state index contributed by atoms with van der Waals surface area (Å²) in [6.07, 6.45) is 1.64. The molecule has 0 saturated carbocycles. The summed E-state index contributed by atoms with van der Waals surface area (Å²) in [4.78, 5) is 24.6. The molecule has 0 aliphatic heterocycles. The van der Waals surface area contributed by atoms with Gasteiger partial charge in [-0.15, -0.1) is 0 Å². The van der Waals surface area contributed by atoms with E-state index in [-0.39, 0.29) is 18.5 Å². The number of nitrogens with zero attached hydrogens (tertiary/aromatic N) is 1. The third-order valence-electron chi connectivity index (χ3n) is 3.30. The van der Waals surface area contributed by atoms with Crippen LogP contribution in [0.2, 0.25) is 0 Å². The van der Waals surface area contributed by atoms with Gasteiger partial charge in [-0.2, -0.15) is 0 Å². The number of benzene rings is 1. The summed E-state index contributed by atoms with van der Waals surface area (Å²) in [6, 6.07) is 7.25. The van der Waals surface area contributed by atoms with Crippen molar-refractivity contribution in [1.29, 1.82) is 0 Å². The average Bonchev–Trinajstić information content (AvgIpc) is 2.43. The monoisotopic (exact) mass is 263 g/mol. The number of carboxylic acid groups (broad SMARTS) is 1. The topological polar surface area (TPSA) is 57.6 Å². The van der Waals surface area contributed by atoms with E-state index in [9.17, 15) is 9.59 Å². The second kappa shape index (κ2) is 6.92. The molecule has 4 nitrogen and oxygen atoms in total. The molecule has 104 valence electrons. The van der Waals surface area contributed by atoms with Crippen molar-refractivity contribution in [3.8, 4) is 0 Å². The molecule has 0 heterocycles. The van der Waals surface area contributed by atoms with Gasteiger partial charge in [-0.05, 0) is 37.5 Å². The Bertz CT molecular complexity index is 439. The van der Waals surface area contributed by atoms with E-state index in [1.165, 1.54) is 4.90 Å². The third-order valence-corrected chi connectivity index (χ3v) is 3.30. The highest BCUT2D eigenvalue weighted by Crippen LogP contribution is 2.12. The molecule has 1 amide bonds. The lowest BCUT2D eigenvalue weighted by Crippen LogP contribution is -2.41. The lowest BCUT2D eigenvalue weighted by atomic mass is 10.1. The number of amides is 1. The molecule has 1 N–H and O–H groups in total. The number of rotatable bonds is 6. The predicted octanol–water partition coefficient (Wildman–Crippen LogP) is 2.57. The molecule has 1 unspecified atom stereocenters. The van der Waals surface area contributed by atoms with Crippen LogP contribution >= 0.6 is 0 Å². The van der Waals surface area contributed by atoms with Crippen LogP contribution in [-0.2, 0) is 11.2 Å². The Hall–Kier alpha value is -1.84. The Morgan fingerprint density at radius 2 is 1.79 bits per heavy atom. The number of aryl methyl sites for hydroxylation is 1. The molecule has 1 atom stereocenters. The van der Waals surface area contributed by atoms with E-state index < -0.39 is 5.97 Å². The molecule has 0 aliphatic carbocycles. The van der Waals surface area contributed by atoms with Crippen molar-refractivity contribution in [2.24, 2.45) is 0 Å². The van der Waals surface area contributed by atoms with Gasteiger partial charge < -0.3 is 10.0 Å². The summed E-state index contributed by atoms with van der Waals surface area (Å²) in [5, 5.41) is 8.91. The Balaban J connectivity index is 2.93. The Kier molecular flexibility index (Phi) is 5.55. The zero-order valence-corrected chi connectivity index (χ0v) is 11.7. The Morgan fingerprint density at radius 1 is 1.21 bits per heavy atom. The number of hydrogen-bond acceptors (Lipinski definition) is 2. The van der Waals surface area contributed by atoms with E-state index >= 15 is 0 Å². The summed E-state index contributed by atoms with van der Waals surface area (Å²) in [7, 11) is 0. The molecule has 1 aromatic carbocycles. The van der Waals surface area contributed by atoms with Gasteiger partial charge in [0, 0.05) is 11.6 Å². The van der Waals surface area contributed by atoms with E-state index in [0.717, 1.165) is 18.4 Å². The van der Waals surface area contributed by atoms with E-state index in [1.54, 1.807) is 12.1 Å². The highest BCUT2D eigenvalue weighted by Gasteiger charge is 2.22. The molecule has 0 aliphatic rings. The molecule has 4 heteroatoms. The predicted molar refractivity (Wildman–Crippen MR) is 74.2 cm³/mol. The SMILES string of the molecule is CCc1ccc(C(=O)N(CC(=O)O)C(C)CC)cc1. The average molecular weight is 263 g/mol. The van der Waals surface area contributed by atoms with E-state index in [0.29, 0.717) is 5.56 Å². The number of aliphatic carboxylic acids is 1. The Labute approximate surface area is 114 Å². The van der Waals surface area contributed by atoms with Crippen molar-refractivity contribution in [3.63, 3.8) is 0 Å². The van der Waals surface area contributed by atoms with Gasteiger partial charge in [-0.25, -0.2) is 0 Å². The van der Waals surface area contributed by atoms with Crippen LogP contribution in [0.5, 0.6) is 0 Å². The fraction of sp³-hybridized carbons (Fsp3) is 0.467. The third kappa shape index (κ3) is 4.09. The molecule has 1 aromatic rings. The van der Waals surface area contributed by atoms with Crippen LogP contribution in [0, 0.1) is 0 Å². The number of carbonyl (C=O) groups excluding carboxylic acids is 1. The first-order valence-corrected chi connectivity index (χ1v) is 6.61. The molecule has 0 fully saturated rings. The first-order chi connectivity index (χ1) is 8.99. The first-order valence-electron chi connectivity index (χ1n) is 6.61. The van der Waals surface area contributed by atoms with Crippen molar-refractivity contribution in [3.05, 3.63) is 35.4 Å². The zero-order valence-electron chi connectivity index (χ0n) is 11.7. The molecule has 0 aromatic heterocycles. The van der Waals surface area contributed by atoms with Gasteiger partial charge in [0.05, 0.1) is 0 Å². The minimum atomic E-state index is -0.987. The van der Waals surface area contributed by atoms with Gasteiger partial charge in [0.1, 0.15) is 6.54 Å². The van der Waals surface area contributed by atoms with Crippen LogP contribution < -0.4 is 0 Å². The van der Waals surface area contributed by atoms with Gasteiger partial charge in [0.15, 0.2) is 0 Å². The van der Waals surface area contributed by atoms with Gasteiger partial charge in [-0.1, -0.05) is 26.0 Å². The first kappa shape index (κ1) is 15.2. The standard InChI is InChI=1S/C15H21NO3/c1-4-11(3)16(10-14(17)18)15(19)13-8-6-12(5-2)7-9-13/h6-9,11H,4-5,10H2,1-3H3,(H,17,18). The lowest BCUT2D eigenvalue weighted by molar-refractivity contribution is -0.138. The van der Waals surface area contributed by atoms with Crippen LogP contribution in [0.1, 0.15) is 43.1 Å². The summed E-state index contributed by atoms with van der Waals surface area (Å²) >= 11 is 0. The molecular formula is C15H21NO3. The van der Waals surface area contributed by atoms with Crippen LogP contribution in [0.15, 0.2) is 24.3 Å². The molecule has 0 saturated heterocycles. The fourth-order valence-electron chi connectivity index (χ4n) is 1.84. The van der Waals surface area contributed by atoms with E-state index in [2.05, 4.69) is 0 Å². The highest BCUT2D eigenvalue weighted by molar-refractivity contribution is 5.96. The molecule has 0 bridgehead atoms. The maximum Gasteiger partial charge on any atom is 0.323 e. The number of carbonyl (C=O) groups is 2. The minimum Gasteiger partial charge on any atom is -0.480 e. The Morgan fingerprint density at radius 3 is 2.21 bits per heavy atom. The second-order valence-corrected chi connectivity index (χ2v) is 4.63. The van der Waals surface area contributed by atoms with Crippen LogP contribution in [-0.4, -0.2) is 34.5 Å². The maximum atomic E-state index is 12.3.